The minimum atomic E-state index is 0.334. The fourth-order valence-corrected chi connectivity index (χ4v) is 2.93. The van der Waals surface area contributed by atoms with Gasteiger partial charge in [0.15, 0.2) is 5.82 Å². The molecule has 26 heavy (non-hydrogen) atoms. The number of aryl methyl sites for hydroxylation is 2. The van der Waals surface area contributed by atoms with Crippen molar-refractivity contribution >= 4 is 5.82 Å². The number of methoxy groups -OCH3 is 1. The molecule has 1 aromatic heterocycles. The molecule has 3 rings (SSSR count). The van der Waals surface area contributed by atoms with Crippen molar-refractivity contribution in [2.75, 3.05) is 38.8 Å². The molecule has 1 atom stereocenters. The van der Waals surface area contributed by atoms with Gasteiger partial charge in [-0.15, -0.1) is 0 Å². The minimum absolute atomic E-state index is 0.334. The lowest BCUT2D eigenvalue weighted by atomic mass is 10.0. The van der Waals surface area contributed by atoms with Crippen LogP contribution in [0.1, 0.15) is 35.0 Å². The van der Waals surface area contributed by atoms with Gasteiger partial charge < -0.3 is 19.5 Å². The standard InChI is InChI=1S/C20H27N3O3/c1-14-4-5-17(10-15(14)2)26-9-7-21-19-11-18(16-6-8-25-12-16)22-20(23-19)13-24-3/h4-5,10-11,16H,6-9,12-13H2,1-3H3,(H,21,22,23). The molecule has 1 saturated heterocycles. The first-order valence-corrected chi connectivity index (χ1v) is 9.04. The number of hydrogen-bond donors (Lipinski definition) is 1. The molecule has 1 fully saturated rings. The van der Waals surface area contributed by atoms with Gasteiger partial charge in [0.2, 0.25) is 0 Å². The van der Waals surface area contributed by atoms with Crippen LogP contribution in [0.4, 0.5) is 5.82 Å². The maximum atomic E-state index is 5.82. The monoisotopic (exact) mass is 357 g/mol. The highest BCUT2D eigenvalue weighted by Crippen LogP contribution is 2.25. The summed E-state index contributed by atoms with van der Waals surface area (Å²) in [5.74, 6) is 2.72. The van der Waals surface area contributed by atoms with Crippen LogP contribution < -0.4 is 10.1 Å². The molecule has 0 aliphatic carbocycles. The largest absolute Gasteiger partial charge is 0.492 e. The van der Waals surface area contributed by atoms with E-state index in [1.807, 2.05) is 12.1 Å². The molecule has 2 aromatic rings. The van der Waals surface area contributed by atoms with Crippen molar-refractivity contribution in [2.45, 2.75) is 32.8 Å². The molecule has 1 N–H and O–H groups in total. The lowest BCUT2D eigenvalue weighted by Crippen LogP contribution is -2.15. The summed E-state index contributed by atoms with van der Waals surface area (Å²) >= 11 is 0. The van der Waals surface area contributed by atoms with E-state index in [-0.39, 0.29) is 0 Å². The van der Waals surface area contributed by atoms with E-state index in [0.29, 0.717) is 31.5 Å². The lowest BCUT2D eigenvalue weighted by Gasteiger charge is -2.13. The van der Waals surface area contributed by atoms with Gasteiger partial charge in [0.25, 0.3) is 0 Å². The molecular formula is C20H27N3O3. The Morgan fingerprint density at radius 3 is 2.81 bits per heavy atom. The lowest BCUT2D eigenvalue weighted by molar-refractivity contribution is 0.177. The van der Waals surface area contributed by atoms with Gasteiger partial charge in [-0.2, -0.15) is 0 Å². The molecule has 0 radical (unpaired) electrons. The second-order valence-electron chi connectivity index (χ2n) is 6.61. The topological polar surface area (TPSA) is 65.5 Å². The molecule has 6 nitrogen and oxygen atoms in total. The minimum Gasteiger partial charge on any atom is -0.492 e. The van der Waals surface area contributed by atoms with Gasteiger partial charge in [-0.25, -0.2) is 9.97 Å². The van der Waals surface area contributed by atoms with E-state index in [1.54, 1.807) is 7.11 Å². The Hall–Kier alpha value is -2.18. The Balaban J connectivity index is 1.58. The molecule has 1 aliphatic heterocycles. The van der Waals surface area contributed by atoms with Crippen LogP contribution in [0.25, 0.3) is 0 Å². The molecule has 0 bridgehead atoms. The van der Waals surface area contributed by atoms with E-state index in [9.17, 15) is 0 Å². The summed E-state index contributed by atoms with van der Waals surface area (Å²) in [6.07, 6.45) is 0.999. The highest BCUT2D eigenvalue weighted by Gasteiger charge is 2.20. The van der Waals surface area contributed by atoms with Gasteiger partial charge in [-0.3, -0.25) is 0 Å². The molecule has 6 heteroatoms. The van der Waals surface area contributed by atoms with Crippen LogP contribution in [0.3, 0.4) is 0 Å². The van der Waals surface area contributed by atoms with E-state index < -0.39 is 0 Å². The summed E-state index contributed by atoms with van der Waals surface area (Å²) in [4.78, 5) is 9.13. The van der Waals surface area contributed by atoms with Crippen LogP contribution >= 0.6 is 0 Å². The summed E-state index contributed by atoms with van der Waals surface area (Å²) in [6, 6.07) is 8.15. The van der Waals surface area contributed by atoms with Crippen LogP contribution in [0.2, 0.25) is 0 Å². The molecule has 1 unspecified atom stereocenters. The van der Waals surface area contributed by atoms with Gasteiger partial charge in [0, 0.05) is 25.7 Å². The fraction of sp³-hybridized carbons (Fsp3) is 0.500. The van der Waals surface area contributed by atoms with Gasteiger partial charge in [-0.05, 0) is 43.5 Å². The zero-order valence-corrected chi connectivity index (χ0v) is 15.7. The smallest absolute Gasteiger partial charge is 0.156 e. The molecular weight excluding hydrogens is 330 g/mol. The van der Waals surface area contributed by atoms with E-state index in [0.717, 1.165) is 36.9 Å². The van der Waals surface area contributed by atoms with Crippen molar-refractivity contribution in [1.29, 1.82) is 0 Å². The fourth-order valence-electron chi connectivity index (χ4n) is 2.93. The van der Waals surface area contributed by atoms with Gasteiger partial charge >= 0.3 is 0 Å². The molecule has 140 valence electrons. The van der Waals surface area contributed by atoms with E-state index >= 15 is 0 Å². The Bertz CT molecular complexity index is 730. The SMILES string of the molecule is COCc1nc(NCCOc2ccc(C)c(C)c2)cc(C2CCOC2)n1. The van der Waals surface area contributed by atoms with E-state index in [4.69, 9.17) is 14.2 Å². The predicted octanol–water partition coefficient (Wildman–Crippen LogP) is 3.23. The van der Waals surface area contributed by atoms with Crippen molar-refractivity contribution in [3.8, 4) is 5.75 Å². The summed E-state index contributed by atoms with van der Waals surface area (Å²) in [5.41, 5.74) is 3.52. The first-order chi connectivity index (χ1) is 12.7. The van der Waals surface area contributed by atoms with Crippen molar-refractivity contribution in [2.24, 2.45) is 0 Å². The number of aromatic nitrogens is 2. The van der Waals surface area contributed by atoms with E-state index in [2.05, 4.69) is 41.3 Å². The number of ether oxygens (including phenoxy) is 3. The van der Waals surface area contributed by atoms with Crippen LogP contribution in [0, 0.1) is 13.8 Å². The third-order valence-electron chi connectivity index (χ3n) is 4.57. The number of nitrogens with one attached hydrogen (secondary N) is 1. The summed E-state index contributed by atoms with van der Waals surface area (Å²) in [6.45, 7) is 7.33. The number of anilines is 1. The van der Waals surface area contributed by atoms with Gasteiger partial charge in [0.05, 0.1) is 18.8 Å². The molecule has 1 aromatic carbocycles. The molecule has 0 spiro atoms. The third kappa shape index (κ3) is 4.93. The van der Waals surface area contributed by atoms with Crippen molar-refractivity contribution in [3.63, 3.8) is 0 Å². The maximum Gasteiger partial charge on any atom is 0.156 e. The zero-order valence-electron chi connectivity index (χ0n) is 15.7. The number of nitrogens with zero attached hydrogens (tertiary/aromatic N) is 2. The van der Waals surface area contributed by atoms with Crippen LogP contribution in [-0.4, -0.2) is 43.4 Å². The highest BCUT2D eigenvalue weighted by atomic mass is 16.5. The summed E-state index contributed by atoms with van der Waals surface area (Å²) in [5, 5.41) is 3.33. The Labute approximate surface area is 154 Å². The molecule has 0 amide bonds. The van der Waals surface area contributed by atoms with Crippen molar-refractivity contribution in [1.82, 2.24) is 9.97 Å². The van der Waals surface area contributed by atoms with Crippen LogP contribution in [0.15, 0.2) is 24.3 Å². The average Bonchev–Trinajstić information content (AvgIpc) is 3.17. The third-order valence-corrected chi connectivity index (χ3v) is 4.57. The van der Waals surface area contributed by atoms with Crippen LogP contribution in [0.5, 0.6) is 5.75 Å². The normalized spacial score (nSPS) is 16.7. The molecule has 2 heterocycles. The number of hydrogen-bond acceptors (Lipinski definition) is 6. The maximum absolute atomic E-state index is 5.82. The number of benzene rings is 1. The highest BCUT2D eigenvalue weighted by molar-refractivity contribution is 5.38. The zero-order chi connectivity index (χ0) is 18.4. The Kier molecular flexibility index (Phi) is 6.41. The predicted molar refractivity (Wildman–Crippen MR) is 101 cm³/mol. The Morgan fingerprint density at radius 2 is 2.08 bits per heavy atom. The van der Waals surface area contributed by atoms with Gasteiger partial charge in [0.1, 0.15) is 24.8 Å². The Morgan fingerprint density at radius 1 is 1.19 bits per heavy atom. The molecule has 0 saturated carbocycles. The quantitative estimate of drug-likeness (QED) is 0.732. The first-order valence-electron chi connectivity index (χ1n) is 9.04. The molecule has 1 aliphatic rings. The average molecular weight is 357 g/mol. The number of rotatable bonds is 8. The second-order valence-corrected chi connectivity index (χ2v) is 6.61. The summed E-state index contributed by atoms with van der Waals surface area (Å²) < 4.78 is 16.5. The first kappa shape index (κ1) is 18.6. The van der Waals surface area contributed by atoms with Crippen molar-refractivity contribution in [3.05, 3.63) is 46.9 Å². The van der Waals surface area contributed by atoms with Gasteiger partial charge in [-0.1, -0.05) is 6.07 Å². The van der Waals surface area contributed by atoms with Crippen LogP contribution in [-0.2, 0) is 16.1 Å². The second kappa shape index (κ2) is 8.96. The van der Waals surface area contributed by atoms with Crippen molar-refractivity contribution < 1.29 is 14.2 Å². The van der Waals surface area contributed by atoms with E-state index in [1.165, 1.54) is 11.1 Å². The summed E-state index contributed by atoms with van der Waals surface area (Å²) in [7, 11) is 1.65.